The molecule has 1 aliphatic rings. The Bertz CT molecular complexity index is 1410. The van der Waals surface area contributed by atoms with Gasteiger partial charge >= 0.3 is 12.2 Å². The number of halogens is 3. The Morgan fingerprint density at radius 3 is 2.47 bits per heavy atom. The van der Waals surface area contributed by atoms with E-state index < -0.39 is 17.8 Å². The normalized spacial score (nSPS) is 13.2. The standard InChI is InChI=1S/C24H21F3N6O/c1-13-5-6-15(11-18(13)24(25,26)27)32-23(34)31-14-7-9-16(10-8-14)33-19-4-2-3-17(19)20-21(33)22(28)30-12-29-20/h5-12H,2-4H2,1H3,(H2,28,29,30)(H2,31,32,34). The van der Waals surface area contributed by atoms with Gasteiger partial charge in [0, 0.05) is 22.8 Å². The topological polar surface area (TPSA) is 97.9 Å². The quantitative estimate of drug-likeness (QED) is 0.373. The number of carbonyl (C=O) groups excluding carboxylic acids is 1. The third-order valence-electron chi connectivity index (χ3n) is 6.00. The number of amides is 2. The zero-order chi connectivity index (χ0) is 24.0. The van der Waals surface area contributed by atoms with Crippen LogP contribution in [0.15, 0.2) is 48.8 Å². The van der Waals surface area contributed by atoms with Crippen LogP contribution in [-0.4, -0.2) is 20.6 Å². The van der Waals surface area contributed by atoms with E-state index in [9.17, 15) is 18.0 Å². The van der Waals surface area contributed by atoms with Crippen molar-refractivity contribution in [1.82, 2.24) is 14.5 Å². The number of nitrogen functional groups attached to an aromatic ring is 1. The monoisotopic (exact) mass is 466 g/mol. The summed E-state index contributed by atoms with van der Waals surface area (Å²) in [5.74, 6) is 0.400. The van der Waals surface area contributed by atoms with Gasteiger partial charge in [-0.05, 0) is 73.7 Å². The lowest BCUT2D eigenvalue weighted by molar-refractivity contribution is -0.138. The summed E-state index contributed by atoms with van der Waals surface area (Å²) in [5, 5.41) is 5.10. The Balaban J connectivity index is 1.37. The van der Waals surface area contributed by atoms with Crippen LogP contribution in [0.5, 0.6) is 0 Å². The number of benzene rings is 2. The minimum atomic E-state index is -4.49. The molecule has 7 nitrogen and oxygen atoms in total. The Labute approximate surface area is 192 Å². The fourth-order valence-electron chi connectivity index (χ4n) is 4.48. The van der Waals surface area contributed by atoms with Crippen molar-refractivity contribution in [3.8, 4) is 5.69 Å². The second-order valence-corrected chi connectivity index (χ2v) is 8.22. The summed E-state index contributed by atoms with van der Waals surface area (Å²) >= 11 is 0. The van der Waals surface area contributed by atoms with Crippen molar-refractivity contribution in [2.24, 2.45) is 0 Å². The van der Waals surface area contributed by atoms with Gasteiger partial charge in [0.25, 0.3) is 0 Å². The molecule has 34 heavy (non-hydrogen) atoms. The second kappa shape index (κ2) is 8.05. The lowest BCUT2D eigenvalue weighted by Crippen LogP contribution is -2.20. The van der Waals surface area contributed by atoms with Crippen molar-refractivity contribution >= 4 is 34.3 Å². The Morgan fingerprint density at radius 1 is 1.03 bits per heavy atom. The van der Waals surface area contributed by atoms with Gasteiger partial charge in [-0.1, -0.05) is 6.07 Å². The average molecular weight is 466 g/mol. The maximum Gasteiger partial charge on any atom is 0.416 e. The molecule has 2 heterocycles. The molecule has 5 rings (SSSR count). The van der Waals surface area contributed by atoms with Crippen molar-refractivity contribution in [2.75, 3.05) is 16.4 Å². The third kappa shape index (κ3) is 3.81. The highest BCUT2D eigenvalue weighted by Gasteiger charge is 2.32. The first-order valence-corrected chi connectivity index (χ1v) is 10.7. The first-order valence-electron chi connectivity index (χ1n) is 10.7. The molecule has 2 aromatic heterocycles. The van der Waals surface area contributed by atoms with E-state index in [1.807, 2.05) is 12.1 Å². The van der Waals surface area contributed by atoms with Gasteiger partial charge < -0.3 is 20.9 Å². The number of carbonyl (C=O) groups is 1. The van der Waals surface area contributed by atoms with Crippen molar-refractivity contribution in [3.05, 3.63) is 71.2 Å². The fraction of sp³-hybridized carbons (Fsp3) is 0.208. The van der Waals surface area contributed by atoms with Crippen molar-refractivity contribution < 1.29 is 18.0 Å². The molecule has 1 aliphatic carbocycles. The molecular formula is C24H21F3N6O. The van der Waals surface area contributed by atoms with Crippen LogP contribution in [0, 0.1) is 6.92 Å². The number of anilines is 3. The third-order valence-corrected chi connectivity index (χ3v) is 6.00. The molecule has 4 aromatic rings. The molecule has 0 radical (unpaired) electrons. The predicted molar refractivity (Wildman–Crippen MR) is 124 cm³/mol. The average Bonchev–Trinajstić information content (AvgIpc) is 3.37. The summed E-state index contributed by atoms with van der Waals surface area (Å²) < 4.78 is 41.4. The zero-order valence-corrected chi connectivity index (χ0v) is 18.2. The first-order chi connectivity index (χ1) is 16.2. The maximum absolute atomic E-state index is 13.1. The maximum atomic E-state index is 13.1. The molecule has 2 amide bonds. The molecule has 0 bridgehead atoms. The lowest BCUT2D eigenvalue weighted by atomic mass is 10.1. The minimum Gasteiger partial charge on any atom is -0.382 e. The number of rotatable bonds is 3. The molecule has 0 spiro atoms. The molecule has 0 saturated heterocycles. The molecule has 0 unspecified atom stereocenters. The van der Waals surface area contributed by atoms with E-state index >= 15 is 0 Å². The highest BCUT2D eigenvalue weighted by molar-refractivity contribution is 6.00. The Kier molecular flexibility index (Phi) is 5.15. The van der Waals surface area contributed by atoms with E-state index in [0.29, 0.717) is 11.5 Å². The summed E-state index contributed by atoms with van der Waals surface area (Å²) in [4.78, 5) is 20.9. The zero-order valence-electron chi connectivity index (χ0n) is 18.2. The highest BCUT2D eigenvalue weighted by Crippen LogP contribution is 2.36. The van der Waals surface area contributed by atoms with Crippen LogP contribution in [0.2, 0.25) is 0 Å². The van der Waals surface area contributed by atoms with Gasteiger partial charge in [-0.15, -0.1) is 0 Å². The van der Waals surface area contributed by atoms with Crippen LogP contribution in [0.4, 0.5) is 35.2 Å². The van der Waals surface area contributed by atoms with Gasteiger partial charge in [0.1, 0.15) is 11.8 Å². The molecule has 4 N–H and O–H groups in total. The summed E-state index contributed by atoms with van der Waals surface area (Å²) in [6, 6.07) is 10.1. The predicted octanol–water partition coefficient (Wildman–Crippen LogP) is 5.46. The molecule has 2 aromatic carbocycles. The number of nitrogens with two attached hydrogens (primary N) is 1. The van der Waals surface area contributed by atoms with Crippen LogP contribution in [-0.2, 0) is 19.0 Å². The van der Waals surface area contributed by atoms with Crippen LogP contribution in [0.3, 0.4) is 0 Å². The van der Waals surface area contributed by atoms with E-state index in [1.165, 1.54) is 30.9 Å². The molecule has 10 heteroatoms. The summed E-state index contributed by atoms with van der Waals surface area (Å²) in [6.45, 7) is 1.37. The van der Waals surface area contributed by atoms with Crippen molar-refractivity contribution in [1.29, 1.82) is 0 Å². The SMILES string of the molecule is Cc1ccc(NC(=O)Nc2ccc(-n3c4c(c5ncnc(N)c53)CCC4)cc2)cc1C(F)(F)F. The van der Waals surface area contributed by atoms with Crippen LogP contribution in [0.25, 0.3) is 16.7 Å². The van der Waals surface area contributed by atoms with E-state index in [0.717, 1.165) is 47.7 Å². The number of alkyl halides is 3. The smallest absolute Gasteiger partial charge is 0.382 e. The minimum absolute atomic E-state index is 0.0527. The van der Waals surface area contributed by atoms with Crippen LogP contribution in [0.1, 0.15) is 28.8 Å². The van der Waals surface area contributed by atoms with Crippen LogP contribution < -0.4 is 16.4 Å². The van der Waals surface area contributed by atoms with Crippen molar-refractivity contribution in [2.45, 2.75) is 32.4 Å². The molecule has 0 saturated carbocycles. The Hall–Kier alpha value is -4.08. The number of hydrogen-bond donors (Lipinski definition) is 3. The molecule has 174 valence electrons. The number of fused-ring (bicyclic) bond motifs is 3. The van der Waals surface area contributed by atoms with Gasteiger partial charge in [-0.2, -0.15) is 13.2 Å². The summed E-state index contributed by atoms with van der Waals surface area (Å²) in [6.07, 6.45) is -0.142. The van der Waals surface area contributed by atoms with Gasteiger partial charge in [0.2, 0.25) is 0 Å². The highest BCUT2D eigenvalue weighted by atomic mass is 19.4. The summed E-state index contributed by atoms with van der Waals surface area (Å²) in [7, 11) is 0. The van der Waals surface area contributed by atoms with Gasteiger partial charge in [-0.25, -0.2) is 14.8 Å². The van der Waals surface area contributed by atoms with Gasteiger partial charge in [0.05, 0.1) is 11.1 Å². The number of aromatic nitrogens is 3. The first kappa shape index (κ1) is 21.7. The number of hydrogen-bond acceptors (Lipinski definition) is 4. The molecule has 0 fully saturated rings. The molecule has 0 aliphatic heterocycles. The number of nitrogens with one attached hydrogen (secondary N) is 2. The van der Waals surface area contributed by atoms with Crippen molar-refractivity contribution in [3.63, 3.8) is 0 Å². The van der Waals surface area contributed by atoms with E-state index in [4.69, 9.17) is 5.73 Å². The number of nitrogens with zero attached hydrogens (tertiary/aromatic N) is 3. The Morgan fingerprint density at radius 2 is 1.74 bits per heavy atom. The second-order valence-electron chi connectivity index (χ2n) is 8.22. The van der Waals surface area contributed by atoms with E-state index in [1.54, 1.807) is 12.1 Å². The lowest BCUT2D eigenvalue weighted by Gasteiger charge is -2.14. The van der Waals surface area contributed by atoms with Crippen LogP contribution >= 0.6 is 0 Å². The van der Waals surface area contributed by atoms with E-state index in [-0.39, 0.29) is 11.3 Å². The van der Waals surface area contributed by atoms with Gasteiger partial charge in [0.15, 0.2) is 5.82 Å². The number of urea groups is 1. The fourth-order valence-corrected chi connectivity index (χ4v) is 4.48. The van der Waals surface area contributed by atoms with E-state index in [2.05, 4.69) is 25.2 Å². The molecular weight excluding hydrogens is 445 g/mol. The number of aryl methyl sites for hydroxylation is 2. The summed E-state index contributed by atoms with van der Waals surface area (Å²) in [5.41, 5.74) is 10.8. The largest absolute Gasteiger partial charge is 0.416 e. The van der Waals surface area contributed by atoms with Gasteiger partial charge in [-0.3, -0.25) is 0 Å². The molecule has 0 atom stereocenters.